The Bertz CT molecular complexity index is 702. The van der Waals surface area contributed by atoms with Gasteiger partial charge in [-0.05, 0) is 30.3 Å². The lowest BCUT2D eigenvalue weighted by atomic mass is 10.1. The molecular weight excluding hydrogens is 285 g/mol. The van der Waals surface area contributed by atoms with Crippen molar-refractivity contribution in [3.63, 3.8) is 0 Å². The maximum Gasteiger partial charge on any atom is 0.135 e. The minimum Gasteiger partial charge on any atom is -0.389 e. The molecule has 0 saturated heterocycles. The van der Waals surface area contributed by atoms with E-state index in [-0.39, 0.29) is 16.4 Å². The largest absolute Gasteiger partial charge is 0.389 e. The van der Waals surface area contributed by atoms with Crippen molar-refractivity contribution >= 4 is 34.3 Å². The summed E-state index contributed by atoms with van der Waals surface area (Å²) >= 11 is 4.85. The van der Waals surface area contributed by atoms with E-state index in [4.69, 9.17) is 18.0 Å². The number of rotatable bonds is 2. The number of benzene rings is 2. The normalized spacial score (nSPS) is 14.0. The summed E-state index contributed by atoms with van der Waals surface area (Å²) in [5, 5.41) is 0. The van der Waals surface area contributed by atoms with Gasteiger partial charge in [0.05, 0.1) is 11.4 Å². The molecule has 0 aromatic heterocycles. The Balaban J connectivity index is 2.04. The summed E-state index contributed by atoms with van der Waals surface area (Å²) in [6, 6.07) is 13.1. The Labute approximate surface area is 128 Å². The van der Waals surface area contributed by atoms with Gasteiger partial charge in [-0.15, -0.1) is 0 Å². The molecule has 1 heterocycles. The van der Waals surface area contributed by atoms with E-state index in [9.17, 15) is 4.39 Å². The quantitative estimate of drug-likeness (QED) is 0.864. The van der Waals surface area contributed by atoms with Crippen molar-refractivity contribution in [1.82, 2.24) is 0 Å². The summed E-state index contributed by atoms with van der Waals surface area (Å²) in [6.07, 6.45) is 0. The van der Waals surface area contributed by atoms with Gasteiger partial charge >= 0.3 is 0 Å². The number of halogens is 1. The molecule has 1 aliphatic rings. The highest BCUT2D eigenvalue weighted by molar-refractivity contribution is 7.80. The van der Waals surface area contributed by atoms with Crippen LogP contribution >= 0.6 is 12.2 Å². The first-order valence-corrected chi connectivity index (χ1v) is 7.16. The zero-order valence-electron chi connectivity index (χ0n) is 11.7. The van der Waals surface area contributed by atoms with Crippen LogP contribution in [-0.4, -0.2) is 25.1 Å². The van der Waals surface area contributed by atoms with Crippen LogP contribution in [0.25, 0.3) is 0 Å². The van der Waals surface area contributed by atoms with E-state index in [1.165, 1.54) is 6.07 Å². The number of para-hydroxylation sites is 2. The molecule has 0 radical (unpaired) electrons. The lowest BCUT2D eigenvalue weighted by molar-refractivity contribution is 0.625. The topological polar surface area (TPSA) is 32.5 Å². The zero-order chi connectivity index (χ0) is 15.0. The first kappa shape index (κ1) is 13.8. The van der Waals surface area contributed by atoms with E-state index in [1.54, 1.807) is 6.07 Å². The number of hydrogen-bond donors (Lipinski definition) is 1. The van der Waals surface area contributed by atoms with Crippen LogP contribution in [0.15, 0.2) is 42.5 Å². The highest BCUT2D eigenvalue weighted by Gasteiger charge is 2.21. The number of likely N-dealkylation sites (N-methyl/N-ethyl adjacent to an activating group) is 1. The van der Waals surface area contributed by atoms with E-state index >= 15 is 0 Å². The fourth-order valence-electron chi connectivity index (χ4n) is 2.65. The lowest BCUT2D eigenvalue weighted by Gasteiger charge is -2.37. The molecule has 0 bridgehead atoms. The van der Waals surface area contributed by atoms with Gasteiger partial charge in [0, 0.05) is 31.4 Å². The number of fused-ring (bicyclic) bond motifs is 1. The molecule has 0 spiro atoms. The Morgan fingerprint density at radius 2 is 1.86 bits per heavy atom. The van der Waals surface area contributed by atoms with Crippen molar-refractivity contribution < 1.29 is 4.39 Å². The van der Waals surface area contributed by atoms with Crippen LogP contribution in [0.1, 0.15) is 5.56 Å². The molecule has 1 aliphatic heterocycles. The smallest absolute Gasteiger partial charge is 0.135 e. The molecule has 5 heteroatoms. The Morgan fingerprint density at radius 3 is 2.52 bits per heavy atom. The molecule has 21 heavy (non-hydrogen) atoms. The minimum atomic E-state index is -0.378. The number of thiocarbonyl (C=S) groups is 1. The lowest BCUT2D eigenvalue weighted by Crippen LogP contribution is -2.36. The predicted octanol–water partition coefficient (Wildman–Crippen LogP) is 3.05. The SMILES string of the molecule is CN1CCN(c2ccc(C(N)=S)c(F)c2)c2ccccc21. The van der Waals surface area contributed by atoms with Gasteiger partial charge in [-0.25, -0.2) is 4.39 Å². The number of hydrogen-bond acceptors (Lipinski definition) is 3. The van der Waals surface area contributed by atoms with E-state index in [1.807, 2.05) is 24.3 Å². The second kappa shape index (κ2) is 5.33. The van der Waals surface area contributed by atoms with E-state index in [0.717, 1.165) is 30.2 Å². The molecular formula is C16H16FN3S. The van der Waals surface area contributed by atoms with Gasteiger partial charge in [-0.3, -0.25) is 0 Å². The molecule has 2 aromatic carbocycles. The fourth-order valence-corrected chi connectivity index (χ4v) is 2.81. The van der Waals surface area contributed by atoms with Gasteiger partial charge < -0.3 is 15.5 Å². The number of nitrogens with two attached hydrogens (primary N) is 1. The summed E-state index contributed by atoms with van der Waals surface area (Å²) < 4.78 is 14.1. The molecule has 0 amide bonds. The van der Waals surface area contributed by atoms with Crippen LogP contribution in [0.2, 0.25) is 0 Å². The van der Waals surface area contributed by atoms with E-state index in [2.05, 4.69) is 22.9 Å². The van der Waals surface area contributed by atoms with Gasteiger partial charge in [0.25, 0.3) is 0 Å². The van der Waals surface area contributed by atoms with Crippen LogP contribution in [0.5, 0.6) is 0 Å². The van der Waals surface area contributed by atoms with Crippen molar-refractivity contribution in [3.8, 4) is 0 Å². The predicted molar refractivity (Wildman–Crippen MR) is 89.0 cm³/mol. The van der Waals surface area contributed by atoms with Gasteiger partial charge in [0.2, 0.25) is 0 Å². The minimum absolute atomic E-state index is 0.0813. The maximum absolute atomic E-state index is 14.1. The first-order chi connectivity index (χ1) is 10.1. The van der Waals surface area contributed by atoms with Crippen LogP contribution in [0, 0.1) is 5.82 Å². The molecule has 0 aliphatic carbocycles. The molecule has 108 valence electrons. The Kier molecular flexibility index (Phi) is 3.51. The van der Waals surface area contributed by atoms with Crippen molar-refractivity contribution in [2.24, 2.45) is 5.73 Å². The van der Waals surface area contributed by atoms with Crippen molar-refractivity contribution in [1.29, 1.82) is 0 Å². The Hall–Kier alpha value is -2.14. The molecule has 0 fully saturated rings. The third-order valence-corrected chi connectivity index (χ3v) is 3.99. The van der Waals surface area contributed by atoms with E-state index < -0.39 is 0 Å². The molecule has 0 atom stereocenters. The van der Waals surface area contributed by atoms with Crippen molar-refractivity contribution in [2.45, 2.75) is 0 Å². The van der Waals surface area contributed by atoms with Gasteiger partial charge in [0.15, 0.2) is 0 Å². The van der Waals surface area contributed by atoms with Gasteiger partial charge in [0.1, 0.15) is 10.8 Å². The van der Waals surface area contributed by atoms with Crippen molar-refractivity contribution in [3.05, 3.63) is 53.8 Å². The fraction of sp³-hybridized carbons (Fsp3) is 0.188. The van der Waals surface area contributed by atoms with Crippen LogP contribution in [0.3, 0.4) is 0 Å². The average molecular weight is 301 g/mol. The summed E-state index contributed by atoms with van der Waals surface area (Å²) in [4.78, 5) is 4.39. The number of anilines is 3. The molecule has 2 N–H and O–H groups in total. The summed E-state index contributed by atoms with van der Waals surface area (Å²) in [7, 11) is 2.06. The third-order valence-electron chi connectivity index (χ3n) is 3.77. The monoisotopic (exact) mass is 301 g/mol. The Morgan fingerprint density at radius 1 is 1.14 bits per heavy atom. The van der Waals surface area contributed by atoms with E-state index in [0.29, 0.717) is 0 Å². The molecule has 3 rings (SSSR count). The highest BCUT2D eigenvalue weighted by Crippen LogP contribution is 2.37. The maximum atomic E-state index is 14.1. The number of nitrogens with zero attached hydrogens (tertiary/aromatic N) is 2. The van der Waals surface area contributed by atoms with Crippen LogP contribution in [0.4, 0.5) is 21.5 Å². The van der Waals surface area contributed by atoms with Gasteiger partial charge in [-0.2, -0.15) is 0 Å². The van der Waals surface area contributed by atoms with Gasteiger partial charge in [-0.1, -0.05) is 24.4 Å². The molecule has 3 nitrogen and oxygen atoms in total. The summed E-state index contributed by atoms with van der Waals surface area (Å²) in [5.74, 6) is -0.378. The third kappa shape index (κ3) is 2.45. The second-order valence-corrected chi connectivity index (χ2v) is 5.53. The van der Waals surface area contributed by atoms with Crippen molar-refractivity contribution in [2.75, 3.05) is 29.9 Å². The molecule has 2 aromatic rings. The second-order valence-electron chi connectivity index (χ2n) is 5.09. The summed E-state index contributed by atoms with van der Waals surface area (Å²) in [5.41, 5.74) is 8.83. The molecule has 0 unspecified atom stereocenters. The zero-order valence-corrected chi connectivity index (χ0v) is 12.5. The molecule has 0 saturated carbocycles. The summed E-state index contributed by atoms with van der Waals surface area (Å²) in [6.45, 7) is 1.69. The highest BCUT2D eigenvalue weighted by atomic mass is 32.1. The van der Waals surface area contributed by atoms with Crippen LogP contribution in [-0.2, 0) is 0 Å². The standard InChI is InChI=1S/C16H16FN3S/c1-19-8-9-20(15-5-3-2-4-14(15)19)11-6-7-12(16(18)21)13(17)10-11/h2-7,10H,8-9H2,1H3,(H2,18,21). The van der Waals surface area contributed by atoms with Crippen LogP contribution < -0.4 is 15.5 Å². The average Bonchev–Trinajstić information content (AvgIpc) is 2.47. The first-order valence-electron chi connectivity index (χ1n) is 6.75.